The molecule has 0 unspecified atom stereocenters. The van der Waals surface area contributed by atoms with Crippen LogP contribution in [0.3, 0.4) is 0 Å². The summed E-state index contributed by atoms with van der Waals surface area (Å²) >= 11 is 5.97. The van der Waals surface area contributed by atoms with Crippen molar-refractivity contribution in [1.82, 2.24) is 15.0 Å². The van der Waals surface area contributed by atoms with Gasteiger partial charge in [0, 0.05) is 41.2 Å². The Hall–Kier alpha value is -2.57. The summed E-state index contributed by atoms with van der Waals surface area (Å²) in [4.78, 5) is 15.1. The second-order valence-corrected chi connectivity index (χ2v) is 6.61. The fraction of sp³-hybridized carbons (Fsp3) is 0.211. The van der Waals surface area contributed by atoms with Gasteiger partial charge in [-0.25, -0.2) is 14.4 Å². The van der Waals surface area contributed by atoms with Crippen LogP contribution in [0, 0.1) is 0 Å². The maximum atomic E-state index is 13.8. The van der Waals surface area contributed by atoms with Crippen LogP contribution in [0.5, 0.6) is 0 Å². The normalized spacial score (nSPS) is 19.7. The molecule has 1 aromatic carbocycles. The first kappa shape index (κ1) is 16.9. The molecule has 5 nitrogen and oxygen atoms in total. The van der Waals surface area contributed by atoms with Crippen LogP contribution in [-0.2, 0) is 0 Å². The van der Waals surface area contributed by atoms with Gasteiger partial charge in [0.05, 0.1) is 12.2 Å². The zero-order valence-corrected chi connectivity index (χ0v) is 14.5. The van der Waals surface area contributed by atoms with Gasteiger partial charge in [0.25, 0.3) is 0 Å². The maximum Gasteiger partial charge on any atom is 0.163 e. The molecule has 0 saturated carbocycles. The number of halogens is 2. The van der Waals surface area contributed by atoms with Crippen LogP contribution < -0.4 is 4.90 Å². The predicted molar refractivity (Wildman–Crippen MR) is 98.8 cm³/mol. The van der Waals surface area contributed by atoms with E-state index in [9.17, 15) is 9.50 Å². The number of aromatic nitrogens is 3. The standard InChI is InChI=1S/C19H16ClFN4O/c20-14-5-3-12(4-6-14)16-8-18(25-10-15(21)17(26)11-25)24-19(23-16)13-2-1-7-22-9-13/h1-9,15,17,26H,10-11H2/t15-,17+/m0/s1. The molecule has 26 heavy (non-hydrogen) atoms. The number of pyridine rings is 1. The van der Waals surface area contributed by atoms with E-state index in [1.807, 2.05) is 24.3 Å². The third-order valence-electron chi connectivity index (χ3n) is 4.32. The first-order valence-electron chi connectivity index (χ1n) is 8.22. The first-order valence-corrected chi connectivity index (χ1v) is 8.60. The van der Waals surface area contributed by atoms with E-state index in [1.54, 1.807) is 35.5 Å². The molecule has 0 bridgehead atoms. The molecule has 2 atom stereocenters. The Bertz CT molecular complexity index is 897. The van der Waals surface area contributed by atoms with Crippen molar-refractivity contribution in [1.29, 1.82) is 0 Å². The Morgan fingerprint density at radius 2 is 1.88 bits per heavy atom. The summed E-state index contributed by atoms with van der Waals surface area (Å²) in [7, 11) is 0. The van der Waals surface area contributed by atoms with Crippen molar-refractivity contribution in [2.75, 3.05) is 18.0 Å². The van der Waals surface area contributed by atoms with Gasteiger partial charge in [0.1, 0.15) is 18.1 Å². The SMILES string of the molecule is O[C@@H]1CN(c2cc(-c3ccc(Cl)cc3)nc(-c3cccnc3)n2)C[C@@H]1F. The van der Waals surface area contributed by atoms with Crippen LogP contribution in [0.2, 0.25) is 5.02 Å². The second-order valence-electron chi connectivity index (χ2n) is 6.17. The summed E-state index contributed by atoms with van der Waals surface area (Å²) < 4.78 is 13.8. The monoisotopic (exact) mass is 370 g/mol. The topological polar surface area (TPSA) is 62.1 Å². The number of anilines is 1. The van der Waals surface area contributed by atoms with Gasteiger partial charge in [-0.15, -0.1) is 0 Å². The van der Waals surface area contributed by atoms with Gasteiger partial charge in [-0.05, 0) is 24.3 Å². The Morgan fingerprint density at radius 1 is 1.08 bits per heavy atom. The molecule has 4 rings (SSSR count). The molecule has 3 heterocycles. The molecule has 1 aliphatic rings. The lowest BCUT2D eigenvalue weighted by Gasteiger charge is -2.18. The highest BCUT2D eigenvalue weighted by molar-refractivity contribution is 6.30. The molecule has 0 radical (unpaired) electrons. The van der Waals surface area contributed by atoms with Crippen LogP contribution in [-0.4, -0.2) is 45.4 Å². The average Bonchev–Trinajstić information content (AvgIpc) is 3.01. The van der Waals surface area contributed by atoms with Crippen molar-refractivity contribution in [2.24, 2.45) is 0 Å². The number of hydrogen-bond donors (Lipinski definition) is 1. The van der Waals surface area contributed by atoms with Crippen LogP contribution in [0.4, 0.5) is 10.2 Å². The maximum absolute atomic E-state index is 13.8. The number of aliphatic hydroxyl groups is 1. The molecule has 1 N–H and O–H groups in total. The molecule has 0 amide bonds. The fourth-order valence-corrected chi connectivity index (χ4v) is 3.05. The lowest BCUT2D eigenvalue weighted by molar-refractivity contribution is 0.118. The minimum Gasteiger partial charge on any atom is -0.388 e. The number of alkyl halides is 1. The highest BCUT2D eigenvalue weighted by Crippen LogP contribution is 2.29. The van der Waals surface area contributed by atoms with E-state index in [1.165, 1.54) is 0 Å². The van der Waals surface area contributed by atoms with Crippen molar-refractivity contribution in [3.63, 3.8) is 0 Å². The number of hydrogen-bond acceptors (Lipinski definition) is 5. The molecule has 3 aromatic rings. The summed E-state index contributed by atoms with van der Waals surface area (Å²) in [5, 5.41) is 10.4. The smallest absolute Gasteiger partial charge is 0.163 e. The molecule has 1 saturated heterocycles. The number of rotatable bonds is 3. The van der Waals surface area contributed by atoms with Crippen LogP contribution in [0.15, 0.2) is 54.9 Å². The minimum atomic E-state index is -1.29. The summed E-state index contributed by atoms with van der Waals surface area (Å²) in [6.45, 7) is 0.301. The quantitative estimate of drug-likeness (QED) is 0.765. The van der Waals surface area contributed by atoms with Crippen molar-refractivity contribution >= 4 is 17.4 Å². The average molecular weight is 371 g/mol. The summed E-state index contributed by atoms with van der Waals surface area (Å²) in [6.07, 6.45) is 1.07. The number of benzene rings is 1. The summed E-state index contributed by atoms with van der Waals surface area (Å²) in [6, 6.07) is 12.8. The molecular weight excluding hydrogens is 355 g/mol. The van der Waals surface area contributed by atoms with Gasteiger partial charge < -0.3 is 10.0 Å². The summed E-state index contributed by atoms with van der Waals surface area (Å²) in [5.74, 6) is 1.07. The van der Waals surface area contributed by atoms with E-state index >= 15 is 0 Å². The molecule has 0 spiro atoms. The number of β-amino-alcohol motifs (C(OH)–C–C–N with tert-alkyl or cyclic N) is 1. The van der Waals surface area contributed by atoms with E-state index in [0.717, 1.165) is 11.1 Å². The fourth-order valence-electron chi connectivity index (χ4n) is 2.92. The van der Waals surface area contributed by atoms with E-state index in [4.69, 9.17) is 11.6 Å². The van der Waals surface area contributed by atoms with Crippen LogP contribution in [0.1, 0.15) is 0 Å². The lowest BCUT2D eigenvalue weighted by Crippen LogP contribution is -2.22. The van der Waals surface area contributed by atoms with E-state index in [0.29, 0.717) is 22.4 Å². The highest BCUT2D eigenvalue weighted by Gasteiger charge is 2.32. The van der Waals surface area contributed by atoms with Crippen molar-refractivity contribution in [2.45, 2.75) is 12.3 Å². The van der Waals surface area contributed by atoms with Gasteiger partial charge in [0.2, 0.25) is 0 Å². The van der Waals surface area contributed by atoms with Gasteiger partial charge in [0.15, 0.2) is 5.82 Å². The first-order chi connectivity index (χ1) is 12.6. The molecule has 7 heteroatoms. The van der Waals surface area contributed by atoms with Crippen molar-refractivity contribution < 1.29 is 9.50 Å². The van der Waals surface area contributed by atoms with Crippen LogP contribution >= 0.6 is 11.6 Å². The Kier molecular flexibility index (Phi) is 4.53. The zero-order valence-electron chi connectivity index (χ0n) is 13.8. The van der Waals surface area contributed by atoms with Gasteiger partial charge >= 0.3 is 0 Å². The molecule has 1 aliphatic heterocycles. The molecule has 2 aromatic heterocycles. The van der Waals surface area contributed by atoms with Gasteiger partial charge in [-0.1, -0.05) is 23.7 Å². The Morgan fingerprint density at radius 3 is 2.54 bits per heavy atom. The second kappa shape index (κ2) is 6.97. The molecule has 132 valence electrons. The van der Waals surface area contributed by atoms with Gasteiger partial charge in [-0.2, -0.15) is 0 Å². The predicted octanol–water partition coefficient (Wildman–Crippen LogP) is 3.38. The number of aliphatic hydroxyl groups excluding tert-OH is 1. The Labute approximate surface area is 155 Å². The van der Waals surface area contributed by atoms with Gasteiger partial charge in [-0.3, -0.25) is 4.98 Å². The van der Waals surface area contributed by atoms with E-state index in [2.05, 4.69) is 15.0 Å². The van der Waals surface area contributed by atoms with E-state index < -0.39 is 12.3 Å². The summed E-state index contributed by atoms with van der Waals surface area (Å²) in [5.41, 5.74) is 2.34. The zero-order chi connectivity index (χ0) is 18.1. The Balaban J connectivity index is 1.81. The van der Waals surface area contributed by atoms with Crippen LogP contribution in [0.25, 0.3) is 22.6 Å². The molecular formula is C19H16ClFN4O. The van der Waals surface area contributed by atoms with Crippen molar-refractivity contribution in [3.8, 4) is 22.6 Å². The highest BCUT2D eigenvalue weighted by atomic mass is 35.5. The molecule has 0 aliphatic carbocycles. The van der Waals surface area contributed by atoms with Crippen molar-refractivity contribution in [3.05, 3.63) is 59.9 Å². The van der Waals surface area contributed by atoms with E-state index in [-0.39, 0.29) is 13.1 Å². The molecule has 1 fully saturated rings. The third kappa shape index (κ3) is 3.38. The lowest BCUT2D eigenvalue weighted by atomic mass is 10.1. The minimum absolute atomic E-state index is 0.102. The third-order valence-corrected chi connectivity index (χ3v) is 4.57. The number of nitrogens with zero attached hydrogens (tertiary/aromatic N) is 4. The largest absolute Gasteiger partial charge is 0.388 e.